The Bertz CT molecular complexity index is 1130. The molecule has 4 rings (SSSR count). The summed E-state index contributed by atoms with van der Waals surface area (Å²) in [6, 6.07) is 5.31. The minimum absolute atomic E-state index is 0.0978. The first-order chi connectivity index (χ1) is 12.6. The average Bonchev–Trinajstić information content (AvgIpc) is 3.23. The average molecular weight is 385 g/mol. The number of aryl methyl sites for hydroxylation is 2. The first-order valence-electron chi connectivity index (χ1n) is 7.92. The van der Waals surface area contributed by atoms with Crippen molar-refractivity contribution >= 4 is 28.7 Å². The fraction of sp³-hybridized carbons (Fsp3) is 0.235. The van der Waals surface area contributed by atoms with Gasteiger partial charge in [-0.25, -0.2) is 9.97 Å². The van der Waals surface area contributed by atoms with Crippen molar-refractivity contribution in [2.75, 3.05) is 0 Å². The molecule has 0 aliphatic carbocycles. The molecule has 0 aliphatic heterocycles. The molecule has 0 aromatic carbocycles. The Morgan fingerprint density at radius 2 is 2.12 bits per heavy atom. The lowest BCUT2D eigenvalue weighted by Crippen LogP contribution is -2.15. The SMILES string of the molecule is Cc1nc(Cc2nnc(SCc3cc(=O)n4cccc(C)c4n3)o2)cs1. The molecule has 4 aromatic rings. The van der Waals surface area contributed by atoms with Gasteiger partial charge in [0.15, 0.2) is 0 Å². The van der Waals surface area contributed by atoms with E-state index in [9.17, 15) is 4.79 Å². The molecule has 0 fully saturated rings. The molecule has 0 radical (unpaired) electrons. The maximum atomic E-state index is 12.2. The Morgan fingerprint density at radius 3 is 2.92 bits per heavy atom. The number of thiazole rings is 1. The maximum absolute atomic E-state index is 12.2. The summed E-state index contributed by atoms with van der Waals surface area (Å²) in [6.07, 6.45) is 2.24. The summed E-state index contributed by atoms with van der Waals surface area (Å²) >= 11 is 2.96. The van der Waals surface area contributed by atoms with Gasteiger partial charge in [-0.1, -0.05) is 17.8 Å². The minimum atomic E-state index is -0.0978. The van der Waals surface area contributed by atoms with Crippen LogP contribution in [0.4, 0.5) is 0 Å². The third-order valence-corrected chi connectivity index (χ3v) is 5.40. The molecular formula is C17H15N5O2S2. The molecule has 9 heteroatoms. The summed E-state index contributed by atoms with van der Waals surface area (Å²) in [6.45, 7) is 3.90. The highest BCUT2D eigenvalue weighted by atomic mass is 32.2. The van der Waals surface area contributed by atoms with Crippen LogP contribution in [-0.2, 0) is 12.2 Å². The Hall–Kier alpha value is -2.52. The van der Waals surface area contributed by atoms with Gasteiger partial charge in [0.25, 0.3) is 10.8 Å². The van der Waals surface area contributed by atoms with Gasteiger partial charge < -0.3 is 4.42 Å². The predicted octanol–water partition coefficient (Wildman–Crippen LogP) is 3.03. The molecular weight excluding hydrogens is 370 g/mol. The number of thioether (sulfide) groups is 1. The summed E-state index contributed by atoms with van der Waals surface area (Å²) in [4.78, 5) is 21.2. The van der Waals surface area contributed by atoms with E-state index in [0.717, 1.165) is 16.3 Å². The third-order valence-electron chi connectivity index (χ3n) is 3.73. The van der Waals surface area contributed by atoms with E-state index in [-0.39, 0.29) is 5.56 Å². The highest BCUT2D eigenvalue weighted by Crippen LogP contribution is 2.22. The minimum Gasteiger partial charge on any atom is -0.416 e. The quantitative estimate of drug-likeness (QED) is 0.488. The first-order valence-corrected chi connectivity index (χ1v) is 9.79. The zero-order chi connectivity index (χ0) is 18.1. The van der Waals surface area contributed by atoms with Crippen molar-refractivity contribution in [2.45, 2.75) is 31.2 Å². The highest BCUT2D eigenvalue weighted by Gasteiger charge is 2.11. The normalized spacial score (nSPS) is 11.3. The number of fused-ring (bicyclic) bond motifs is 1. The Labute approximate surface area is 157 Å². The topological polar surface area (TPSA) is 86.2 Å². The van der Waals surface area contributed by atoms with Gasteiger partial charge in [0.2, 0.25) is 5.89 Å². The third kappa shape index (κ3) is 3.54. The molecule has 132 valence electrons. The number of hydrogen-bond acceptors (Lipinski definition) is 8. The van der Waals surface area contributed by atoms with Crippen molar-refractivity contribution in [1.82, 2.24) is 24.6 Å². The molecule has 0 unspecified atom stereocenters. The number of pyridine rings is 1. The zero-order valence-electron chi connectivity index (χ0n) is 14.2. The van der Waals surface area contributed by atoms with Crippen LogP contribution in [-0.4, -0.2) is 24.6 Å². The molecule has 4 heterocycles. The first kappa shape index (κ1) is 16.9. The molecule has 0 saturated heterocycles. The van der Waals surface area contributed by atoms with Crippen molar-refractivity contribution < 1.29 is 4.42 Å². The van der Waals surface area contributed by atoms with Crippen LogP contribution in [0.2, 0.25) is 0 Å². The molecule has 7 nitrogen and oxygen atoms in total. The predicted molar refractivity (Wildman–Crippen MR) is 99.7 cm³/mol. The smallest absolute Gasteiger partial charge is 0.276 e. The Morgan fingerprint density at radius 1 is 1.23 bits per heavy atom. The van der Waals surface area contributed by atoms with Gasteiger partial charge in [0.1, 0.15) is 5.65 Å². The number of aromatic nitrogens is 5. The van der Waals surface area contributed by atoms with Crippen LogP contribution in [0.25, 0.3) is 5.65 Å². The lowest BCUT2D eigenvalue weighted by molar-refractivity contribution is 0.419. The van der Waals surface area contributed by atoms with Gasteiger partial charge >= 0.3 is 0 Å². The molecule has 0 spiro atoms. The van der Waals surface area contributed by atoms with E-state index >= 15 is 0 Å². The van der Waals surface area contributed by atoms with Crippen molar-refractivity contribution in [2.24, 2.45) is 0 Å². The van der Waals surface area contributed by atoms with Crippen LogP contribution in [0.1, 0.15) is 27.8 Å². The number of nitrogens with zero attached hydrogens (tertiary/aromatic N) is 5. The van der Waals surface area contributed by atoms with Gasteiger partial charge in [0, 0.05) is 23.4 Å². The largest absolute Gasteiger partial charge is 0.416 e. The Balaban J connectivity index is 1.48. The molecule has 26 heavy (non-hydrogen) atoms. The molecule has 0 bridgehead atoms. The standard InChI is InChI=1S/C17H15N5O2S2/c1-10-4-3-5-22-15(23)7-13(19-16(10)22)9-26-17-21-20-14(24-17)6-12-8-25-11(2)18-12/h3-5,7-8H,6,9H2,1-2H3. The summed E-state index contributed by atoms with van der Waals surface area (Å²) in [5, 5.41) is 11.6. The second-order valence-corrected chi connectivity index (χ2v) is 7.74. The van der Waals surface area contributed by atoms with Gasteiger partial charge in [-0.05, 0) is 25.5 Å². The molecule has 0 N–H and O–H groups in total. The molecule has 0 saturated carbocycles. The monoisotopic (exact) mass is 385 g/mol. The second-order valence-electron chi connectivity index (χ2n) is 5.76. The highest BCUT2D eigenvalue weighted by molar-refractivity contribution is 7.98. The van der Waals surface area contributed by atoms with Gasteiger partial charge in [-0.15, -0.1) is 21.5 Å². The second kappa shape index (κ2) is 7.00. The van der Waals surface area contributed by atoms with Crippen LogP contribution >= 0.6 is 23.1 Å². The van der Waals surface area contributed by atoms with Crippen molar-refractivity contribution in [3.63, 3.8) is 0 Å². The fourth-order valence-electron chi connectivity index (χ4n) is 2.53. The van der Waals surface area contributed by atoms with E-state index in [2.05, 4.69) is 20.2 Å². The lowest BCUT2D eigenvalue weighted by Gasteiger charge is -2.05. The molecule has 0 amide bonds. The van der Waals surface area contributed by atoms with E-state index in [0.29, 0.717) is 34.6 Å². The van der Waals surface area contributed by atoms with Crippen molar-refractivity contribution in [1.29, 1.82) is 0 Å². The summed E-state index contributed by atoms with van der Waals surface area (Å²) in [5.41, 5.74) is 3.13. The van der Waals surface area contributed by atoms with E-state index in [1.54, 1.807) is 21.9 Å². The summed E-state index contributed by atoms with van der Waals surface area (Å²) in [5.74, 6) is 1.01. The molecule has 0 aliphatic rings. The molecule has 4 aromatic heterocycles. The van der Waals surface area contributed by atoms with E-state index in [1.807, 2.05) is 31.4 Å². The Kier molecular flexibility index (Phi) is 4.56. The van der Waals surface area contributed by atoms with Crippen LogP contribution in [0.5, 0.6) is 0 Å². The van der Waals surface area contributed by atoms with Gasteiger partial charge in [-0.3, -0.25) is 9.20 Å². The maximum Gasteiger partial charge on any atom is 0.276 e. The van der Waals surface area contributed by atoms with Crippen molar-refractivity contribution in [3.05, 3.63) is 68.0 Å². The molecule has 0 atom stereocenters. The van der Waals surface area contributed by atoms with Crippen LogP contribution in [0, 0.1) is 13.8 Å². The number of rotatable bonds is 5. The van der Waals surface area contributed by atoms with Gasteiger partial charge in [-0.2, -0.15) is 0 Å². The zero-order valence-corrected chi connectivity index (χ0v) is 15.8. The summed E-state index contributed by atoms with van der Waals surface area (Å²) < 4.78 is 7.20. The lowest BCUT2D eigenvalue weighted by atomic mass is 10.3. The van der Waals surface area contributed by atoms with Gasteiger partial charge in [0.05, 0.1) is 22.8 Å². The van der Waals surface area contributed by atoms with Crippen molar-refractivity contribution in [3.8, 4) is 0 Å². The van der Waals surface area contributed by atoms with E-state index < -0.39 is 0 Å². The van der Waals surface area contributed by atoms with E-state index in [4.69, 9.17) is 4.42 Å². The fourth-order valence-corrected chi connectivity index (χ4v) is 3.82. The summed E-state index contributed by atoms with van der Waals surface area (Å²) in [7, 11) is 0. The van der Waals surface area contributed by atoms with Crippen LogP contribution in [0.3, 0.4) is 0 Å². The van der Waals surface area contributed by atoms with E-state index in [1.165, 1.54) is 17.8 Å². The number of hydrogen-bond donors (Lipinski definition) is 0. The van der Waals surface area contributed by atoms with Crippen LogP contribution in [0.15, 0.2) is 44.2 Å². The van der Waals surface area contributed by atoms with Crippen LogP contribution < -0.4 is 5.56 Å².